The summed E-state index contributed by atoms with van der Waals surface area (Å²) in [5, 5.41) is 16.0. The molecule has 0 aliphatic carbocycles. The number of aliphatic imine (C=N–C) groups is 1. The topological polar surface area (TPSA) is 256 Å². The number of ketones is 1. The van der Waals surface area contributed by atoms with Gasteiger partial charge in [-0.15, -0.1) is 0 Å². The van der Waals surface area contributed by atoms with Crippen LogP contribution < -0.4 is 47.8 Å². The number of amides is 5. The minimum atomic E-state index is -1.24. The number of benzene rings is 1. The van der Waals surface area contributed by atoms with Crippen LogP contribution in [0.2, 0.25) is 0 Å². The Bertz CT molecular complexity index is 1340. The van der Waals surface area contributed by atoms with E-state index in [0.717, 1.165) is 4.46 Å². The number of carbonyl (C=O) groups is 7. The fourth-order valence-corrected chi connectivity index (χ4v) is 5.91. The molecular formula is C33H53N9O7Se. The van der Waals surface area contributed by atoms with Crippen LogP contribution in [0.1, 0.15) is 67.2 Å². The van der Waals surface area contributed by atoms with Gasteiger partial charge in [0.1, 0.15) is 6.04 Å². The molecule has 0 fully saturated rings. The molecule has 0 aliphatic heterocycles. The van der Waals surface area contributed by atoms with Gasteiger partial charge >= 0.3 is 189 Å². The van der Waals surface area contributed by atoms with E-state index >= 15 is 0 Å². The zero-order chi connectivity index (χ0) is 37.8. The van der Waals surface area contributed by atoms with E-state index in [1.807, 2.05) is 44.2 Å². The third-order valence-corrected chi connectivity index (χ3v) is 8.86. The van der Waals surface area contributed by atoms with Gasteiger partial charge in [0.2, 0.25) is 11.8 Å². The van der Waals surface area contributed by atoms with Crippen molar-refractivity contribution in [1.82, 2.24) is 31.9 Å². The molecule has 1 aromatic rings. The zero-order valence-electron chi connectivity index (χ0n) is 29.7. The Kier molecular flexibility index (Phi) is 20.2. The fraction of sp³-hybridized carbons (Fsp3) is 0.576. The molecule has 0 saturated carbocycles. The molecule has 10 N–H and O–H groups in total. The molecule has 0 aromatic heterocycles. The number of hydrogen-bond acceptors (Lipinski definition) is 9. The van der Waals surface area contributed by atoms with Crippen LogP contribution in [0.15, 0.2) is 35.3 Å². The molecular weight excluding hydrogens is 713 g/mol. The van der Waals surface area contributed by atoms with Crippen molar-refractivity contribution in [2.75, 3.05) is 19.6 Å². The maximum absolute atomic E-state index is 13.3. The van der Waals surface area contributed by atoms with Gasteiger partial charge in [-0.25, -0.2) is 0 Å². The molecule has 1 rings (SSSR count). The van der Waals surface area contributed by atoms with Crippen LogP contribution in [0, 0.1) is 11.8 Å². The first-order chi connectivity index (χ1) is 23.5. The SMILES string of the molecule is CC(=O)NC(CC(C)C)C(=O)NCC(=O)NC(CCCN=C(N)N)N[C@@H](C)C(=O)NC(CC(=O)C(C)C)C(=O)NCC(=O)[Se]c1ccccc1. The number of hydrogen-bond donors (Lipinski definition) is 8. The van der Waals surface area contributed by atoms with Gasteiger partial charge in [0.15, 0.2) is 5.96 Å². The normalized spacial score (nSPS) is 13.3. The monoisotopic (exact) mass is 767 g/mol. The van der Waals surface area contributed by atoms with E-state index in [0.29, 0.717) is 12.8 Å². The fourth-order valence-electron chi connectivity index (χ4n) is 4.44. The molecule has 17 heteroatoms. The van der Waals surface area contributed by atoms with Gasteiger partial charge in [-0.2, -0.15) is 0 Å². The van der Waals surface area contributed by atoms with E-state index in [-0.39, 0.29) is 54.2 Å². The summed E-state index contributed by atoms with van der Waals surface area (Å²) in [5.41, 5.74) is 10.8. The Morgan fingerprint density at radius 3 is 2.00 bits per heavy atom. The van der Waals surface area contributed by atoms with E-state index in [1.54, 1.807) is 13.8 Å². The summed E-state index contributed by atoms with van der Waals surface area (Å²) < 4.78 is 0.662. The summed E-state index contributed by atoms with van der Waals surface area (Å²) in [6, 6.07) is 6.09. The molecule has 5 amide bonds. The van der Waals surface area contributed by atoms with Crippen molar-refractivity contribution in [3.63, 3.8) is 0 Å². The van der Waals surface area contributed by atoms with Gasteiger partial charge in [-0.1, -0.05) is 13.8 Å². The van der Waals surface area contributed by atoms with Crippen LogP contribution in [0.5, 0.6) is 0 Å². The molecule has 0 radical (unpaired) electrons. The molecule has 0 spiro atoms. The molecule has 16 nitrogen and oxygen atoms in total. The molecule has 278 valence electrons. The average Bonchev–Trinajstić information content (AvgIpc) is 3.03. The van der Waals surface area contributed by atoms with Crippen LogP contribution >= 0.6 is 0 Å². The van der Waals surface area contributed by atoms with E-state index in [9.17, 15) is 33.6 Å². The van der Waals surface area contributed by atoms with Gasteiger partial charge in [-0.05, 0) is 12.3 Å². The van der Waals surface area contributed by atoms with E-state index in [4.69, 9.17) is 11.5 Å². The number of nitrogens with one attached hydrogen (secondary N) is 6. The quantitative estimate of drug-likeness (QED) is 0.0198. The van der Waals surface area contributed by atoms with Crippen molar-refractivity contribution >= 4 is 65.4 Å². The zero-order valence-corrected chi connectivity index (χ0v) is 31.4. The van der Waals surface area contributed by atoms with E-state index < -0.39 is 75.3 Å². The van der Waals surface area contributed by atoms with Crippen molar-refractivity contribution in [3.05, 3.63) is 30.3 Å². The van der Waals surface area contributed by atoms with Gasteiger partial charge in [0.25, 0.3) is 0 Å². The Labute approximate surface area is 300 Å². The second kappa shape index (κ2) is 23.1. The first-order valence-electron chi connectivity index (χ1n) is 16.5. The molecule has 0 saturated heterocycles. The minimum absolute atomic E-state index is 0.104. The van der Waals surface area contributed by atoms with Crippen molar-refractivity contribution in [2.24, 2.45) is 28.3 Å². The molecule has 50 heavy (non-hydrogen) atoms. The predicted molar refractivity (Wildman–Crippen MR) is 191 cm³/mol. The summed E-state index contributed by atoms with van der Waals surface area (Å²) in [6.07, 6.45) is -0.0204. The molecule has 0 heterocycles. The molecule has 4 atom stereocenters. The molecule has 0 aliphatic rings. The summed E-state index contributed by atoms with van der Waals surface area (Å²) in [4.78, 5) is 92.6. The van der Waals surface area contributed by atoms with Gasteiger partial charge < -0.3 is 22.1 Å². The number of nitrogens with zero attached hydrogens (tertiary/aromatic N) is 1. The summed E-state index contributed by atoms with van der Waals surface area (Å²) in [6.45, 7) is 9.56. The number of nitrogens with two attached hydrogens (primary N) is 2. The van der Waals surface area contributed by atoms with E-state index in [2.05, 4.69) is 36.9 Å². The Morgan fingerprint density at radius 2 is 1.42 bits per heavy atom. The number of guanidine groups is 1. The average molecular weight is 767 g/mol. The first-order valence-corrected chi connectivity index (χ1v) is 18.2. The van der Waals surface area contributed by atoms with Crippen molar-refractivity contribution in [2.45, 2.75) is 91.5 Å². The van der Waals surface area contributed by atoms with Crippen LogP contribution in [0.3, 0.4) is 0 Å². The number of rotatable bonds is 23. The van der Waals surface area contributed by atoms with Crippen molar-refractivity contribution in [3.8, 4) is 0 Å². The second-order valence-electron chi connectivity index (χ2n) is 12.4. The summed E-state index contributed by atoms with van der Waals surface area (Å²) in [7, 11) is 0. The first kappa shape index (κ1) is 43.7. The van der Waals surface area contributed by atoms with Crippen LogP contribution in [-0.2, 0) is 33.6 Å². The van der Waals surface area contributed by atoms with Crippen LogP contribution in [0.25, 0.3) is 0 Å². The van der Waals surface area contributed by atoms with Crippen molar-refractivity contribution < 1.29 is 33.6 Å². The van der Waals surface area contributed by atoms with Gasteiger partial charge in [0.05, 0.1) is 6.54 Å². The van der Waals surface area contributed by atoms with Crippen molar-refractivity contribution in [1.29, 1.82) is 0 Å². The Balaban J connectivity index is 2.95. The van der Waals surface area contributed by atoms with E-state index in [1.165, 1.54) is 13.8 Å². The molecule has 3 unspecified atom stereocenters. The third-order valence-electron chi connectivity index (χ3n) is 7.01. The second-order valence-corrected chi connectivity index (χ2v) is 14.8. The summed E-state index contributed by atoms with van der Waals surface area (Å²) >= 11 is -0.524. The third kappa shape index (κ3) is 19.0. The molecule has 0 bridgehead atoms. The van der Waals surface area contributed by atoms with Gasteiger partial charge in [-0.3, -0.25) is 19.4 Å². The summed E-state index contributed by atoms with van der Waals surface area (Å²) in [5.74, 6) is -3.43. The van der Waals surface area contributed by atoms with Gasteiger partial charge in [0, 0.05) is 13.5 Å². The van der Waals surface area contributed by atoms with Crippen LogP contribution in [-0.4, -0.2) is 105 Å². The van der Waals surface area contributed by atoms with Crippen LogP contribution in [0.4, 0.5) is 0 Å². The number of Topliss-reactive ketones (excluding diaryl/α,β-unsaturated/α-hetero) is 1. The maximum atomic E-state index is 13.3. The Hall–Kier alpha value is -4.34. The number of carbonyl (C=O) groups excluding carboxylic acids is 7. The predicted octanol–water partition coefficient (Wildman–Crippen LogP) is -2.10. The Morgan fingerprint density at radius 1 is 0.800 bits per heavy atom. The molecule has 1 aromatic carbocycles. The standard InChI is InChI=1S/C33H53N9O7Se/c1-19(2)15-24(40-22(6)43)31(48)37-17-28(45)42-27(13-10-14-36-33(34)35)39-21(5)30(47)41-25(16-26(44)20(3)4)32(49)38-18-29(46)50-23-11-8-7-9-12-23/h7-9,11-12,19-21,24-25,27,39H,10,13-18H2,1-6H3,(H,37,48)(H,38,49)(H,40,43)(H,41,47)(H,42,45)(H4,34,35,36)/t21-,24?,25?,27?/m0/s1.